The van der Waals surface area contributed by atoms with Gasteiger partial charge in [-0.15, -0.1) is 12.3 Å². The molecular weight excluding hydrogens is 252 g/mol. The molecule has 0 radical (unpaired) electrons. The van der Waals surface area contributed by atoms with Crippen LogP contribution in [0, 0.1) is 12.3 Å². The lowest BCUT2D eigenvalue weighted by atomic mass is 10.3. The van der Waals surface area contributed by atoms with Gasteiger partial charge in [0.2, 0.25) is 10.0 Å². The molecule has 0 heterocycles. The van der Waals surface area contributed by atoms with Crippen LogP contribution in [-0.2, 0) is 10.0 Å². The Labute approximate surface area is 107 Å². The number of ether oxygens (including phenoxy) is 1. The summed E-state index contributed by atoms with van der Waals surface area (Å²) in [5.74, 6) is 2.89. The first-order valence-corrected chi connectivity index (χ1v) is 6.86. The minimum absolute atomic E-state index is 0.113. The van der Waals surface area contributed by atoms with E-state index in [1.807, 2.05) is 0 Å². The highest BCUT2D eigenvalue weighted by molar-refractivity contribution is 7.89. The van der Waals surface area contributed by atoms with Crippen molar-refractivity contribution in [1.82, 2.24) is 4.72 Å². The van der Waals surface area contributed by atoms with Gasteiger partial charge in [0.25, 0.3) is 0 Å². The molecule has 0 aliphatic carbocycles. The van der Waals surface area contributed by atoms with E-state index >= 15 is 0 Å². The maximum atomic E-state index is 11.9. The fourth-order valence-corrected chi connectivity index (χ4v) is 2.47. The van der Waals surface area contributed by atoms with Crippen molar-refractivity contribution < 1.29 is 13.2 Å². The van der Waals surface area contributed by atoms with Gasteiger partial charge < -0.3 is 10.5 Å². The van der Waals surface area contributed by atoms with Gasteiger partial charge in [0.1, 0.15) is 5.75 Å². The second-order valence-electron chi connectivity index (χ2n) is 3.61. The van der Waals surface area contributed by atoms with Gasteiger partial charge in [-0.05, 0) is 24.6 Å². The summed E-state index contributed by atoms with van der Waals surface area (Å²) in [6.45, 7) is 0.304. The maximum Gasteiger partial charge on any atom is 0.240 e. The molecule has 6 heteroatoms. The van der Waals surface area contributed by atoms with E-state index in [1.54, 1.807) is 0 Å². The van der Waals surface area contributed by atoms with Crippen molar-refractivity contribution in [2.75, 3.05) is 19.4 Å². The maximum absolute atomic E-state index is 11.9. The molecule has 18 heavy (non-hydrogen) atoms. The first-order chi connectivity index (χ1) is 8.51. The van der Waals surface area contributed by atoms with Crippen molar-refractivity contribution in [1.29, 1.82) is 0 Å². The van der Waals surface area contributed by atoms with Crippen molar-refractivity contribution in [2.45, 2.75) is 17.7 Å². The van der Waals surface area contributed by atoms with Gasteiger partial charge in [0, 0.05) is 13.0 Å². The zero-order valence-electron chi connectivity index (χ0n) is 10.1. The van der Waals surface area contributed by atoms with Crippen molar-refractivity contribution >= 4 is 15.7 Å². The molecular formula is C12H16N2O3S. The number of nitrogens with one attached hydrogen (secondary N) is 1. The number of terminal acetylenes is 1. The smallest absolute Gasteiger partial charge is 0.240 e. The lowest BCUT2D eigenvalue weighted by Crippen LogP contribution is -2.24. The van der Waals surface area contributed by atoms with Crippen LogP contribution in [0.25, 0.3) is 0 Å². The van der Waals surface area contributed by atoms with Crippen LogP contribution in [0.15, 0.2) is 23.1 Å². The summed E-state index contributed by atoms with van der Waals surface area (Å²) in [6, 6.07) is 4.33. The number of rotatable bonds is 6. The molecule has 98 valence electrons. The van der Waals surface area contributed by atoms with E-state index in [-0.39, 0.29) is 10.6 Å². The molecule has 0 saturated carbocycles. The molecule has 0 amide bonds. The topological polar surface area (TPSA) is 81.4 Å². The highest BCUT2D eigenvalue weighted by Crippen LogP contribution is 2.24. The van der Waals surface area contributed by atoms with E-state index < -0.39 is 10.0 Å². The van der Waals surface area contributed by atoms with Crippen molar-refractivity contribution in [2.24, 2.45) is 0 Å². The summed E-state index contributed by atoms with van der Waals surface area (Å²) >= 11 is 0. The van der Waals surface area contributed by atoms with Crippen LogP contribution in [0.2, 0.25) is 0 Å². The molecule has 1 aromatic carbocycles. The fraction of sp³-hybridized carbons (Fsp3) is 0.333. The van der Waals surface area contributed by atoms with E-state index in [1.165, 1.54) is 25.3 Å². The van der Waals surface area contributed by atoms with E-state index in [0.29, 0.717) is 25.1 Å². The predicted molar refractivity (Wildman–Crippen MR) is 70.7 cm³/mol. The molecule has 1 rings (SSSR count). The Morgan fingerprint density at radius 1 is 1.50 bits per heavy atom. The van der Waals surface area contributed by atoms with Gasteiger partial charge in [0.05, 0.1) is 17.7 Å². The van der Waals surface area contributed by atoms with E-state index in [2.05, 4.69) is 10.6 Å². The summed E-state index contributed by atoms with van der Waals surface area (Å²) in [6.07, 6.45) is 6.22. The van der Waals surface area contributed by atoms with Crippen LogP contribution in [0.3, 0.4) is 0 Å². The van der Waals surface area contributed by atoms with E-state index in [0.717, 1.165) is 0 Å². The van der Waals surface area contributed by atoms with E-state index in [4.69, 9.17) is 16.9 Å². The highest BCUT2D eigenvalue weighted by Gasteiger charge is 2.14. The minimum Gasteiger partial charge on any atom is -0.495 e. The SMILES string of the molecule is C#CCCCNS(=O)(=O)c1ccc(OC)c(N)c1. The lowest BCUT2D eigenvalue weighted by molar-refractivity contribution is 0.416. The molecule has 0 fully saturated rings. The number of benzene rings is 1. The number of unbranched alkanes of at least 4 members (excludes halogenated alkanes) is 1. The molecule has 0 unspecified atom stereocenters. The number of anilines is 1. The largest absolute Gasteiger partial charge is 0.495 e. The summed E-state index contributed by atoms with van der Waals surface area (Å²) in [5.41, 5.74) is 5.94. The van der Waals surface area contributed by atoms with E-state index in [9.17, 15) is 8.42 Å². The lowest BCUT2D eigenvalue weighted by Gasteiger charge is -2.09. The molecule has 0 aromatic heterocycles. The van der Waals surface area contributed by atoms with Crippen LogP contribution in [0.1, 0.15) is 12.8 Å². The number of sulfonamides is 1. The zero-order chi connectivity index (χ0) is 13.6. The molecule has 0 aliphatic rings. The van der Waals surface area contributed by atoms with Gasteiger partial charge in [-0.3, -0.25) is 0 Å². The third-order valence-electron chi connectivity index (χ3n) is 2.30. The number of hydrogen-bond donors (Lipinski definition) is 2. The van der Waals surface area contributed by atoms with Crippen LogP contribution in [-0.4, -0.2) is 22.1 Å². The van der Waals surface area contributed by atoms with Gasteiger partial charge >= 0.3 is 0 Å². The average Bonchev–Trinajstić information content (AvgIpc) is 2.34. The van der Waals surface area contributed by atoms with Crippen LogP contribution in [0.4, 0.5) is 5.69 Å². The standard InChI is InChI=1S/C12H16N2O3S/c1-3-4-5-8-14-18(15,16)10-6-7-12(17-2)11(13)9-10/h1,6-7,9,14H,4-5,8,13H2,2H3. The molecule has 3 N–H and O–H groups in total. The van der Waals surface area contributed by atoms with Gasteiger partial charge in [-0.25, -0.2) is 13.1 Å². The summed E-state index contributed by atoms with van der Waals surface area (Å²) in [4.78, 5) is 0.113. The van der Waals surface area contributed by atoms with Gasteiger partial charge in [-0.1, -0.05) is 0 Å². The number of nitrogen functional groups attached to an aromatic ring is 1. The molecule has 0 spiro atoms. The second kappa shape index (κ2) is 6.28. The Hall–Kier alpha value is -1.71. The Morgan fingerprint density at radius 3 is 2.78 bits per heavy atom. The molecule has 0 bridgehead atoms. The second-order valence-corrected chi connectivity index (χ2v) is 5.38. The summed E-state index contributed by atoms with van der Waals surface area (Å²) in [5, 5.41) is 0. The highest BCUT2D eigenvalue weighted by atomic mass is 32.2. The van der Waals surface area contributed by atoms with Crippen LogP contribution in [0.5, 0.6) is 5.75 Å². The quantitative estimate of drug-likeness (QED) is 0.457. The van der Waals surface area contributed by atoms with Gasteiger partial charge in [-0.2, -0.15) is 0 Å². The van der Waals surface area contributed by atoms with Crippen LogP contribution >= 0.6 is 0 Å². The Bertz CT molecular complexity index is 547. The number of methoxy groups -OCH3 is 1. The monoisotopic (exact) mass is 268 g/mol. The first kappa shape index (κ1) is 14.4. The third kappa shape index (κ3) is 3.65. The average molecular weight is 268 g/mol. The summed E-state index contributed by atoms with van der Waals surface area (Å²) < 4.78 is 31.2. The fourth-order valence-electron chi connectivity index (χ4n) is 1.36. The zero-order valence-corrected chi connectivity index (χ0v) is 11.0. The number of hydrogen-bond acceptors (Lipinski definition) is 4. The van der Waals surface area contributed by atoms with Gasteiger partial charge in [0.15, 0.2) is 0 Å². The van der Waals surface area contributed by atoms with Crippen molar-refractivity contribution in [3.63, 3.8) is 0 Å². The summed E-state index contributed by atoms with van der Waals surface area (Å²) in [7, 11) is -2.07. The third-order valence-corrected chi connectivity index (χ3v) is 3.76. The first-order valence-electron chi connectivity index (χ1n) is 5.38. The molecule has 0 saturated heterocycles. The molecule has 0 atom stereocenters. The Morgan fingerprint density at radius 2 is 2.22 bits per heavy atom. The Kier molecular flexibility index (Phi) is 5.01. The molecule has 1 aromatic rings. The van der Waals surface area contributed by atoms with Crippen LogP contribution < -0.4 is 15.2 Å². The molecule has 0 aliphatic heterocycles. The van der Waals surface area contributed by atoms with Crippen molar-refractivity contribution in [3.8, 4) is 18.1 Å². The normalized spacial score (nSPS) is 10.9. The number of nitrogens with two attached hydrogens (primary N) is 1. The molecule has 5 nitrogen and oxygen atoms in total. The predicted octanol–water partition coefficient (Wildman–Crippen LogP) is 0.969. The minimum atomic E-state index is -3.54. The van der Waals surface area contributed by atoms with Crippen molar-refractivity contribution in [3.05, 3.63) is 18.2 Å². The Balaban J connectivity index is 2.79.